The summed E-state index contributed by atoms with van der Waals surface area (Å²) < 4.78 is 65.4. The summed E-state index contributed by atoms with van der Waals surface area (Å²) in [6.07, 6.45) is -5.00. The van der Waals surface area contributed by atoms with Crippen molar-refractivity contribution in [1.82, 2.24) is 14.2 Å². The zero-order chi connectivity index (χ0) is 16.9. The quantitative estimate of drug-likeness (QED) is 0.896. The van der Waals surface area contributed by atoms with Crippen LogP contribution in [0.1, 0.15) is 26.0 Å². The number of halogens is 3. The van der Waals surface area contributed by atoms with E-state index in [9.17, 15) is 26.7 Å². The highest BCUT2D eigenvalue weighted by Gasteiger charge is 2.64. The normalized spacial score (nSPS) is 23.0. The topological polar surface area (TPSA) is 87.8 Å². The Morgan fingerprint density at radius 1 is 1.41 bits per heavy atom. The first-order chi connectivity index (χ1) is 9.93. The molecule has 0 spiro atoms. The lowest BCUT2D eigenvalue weighted by molar-refractivity contribution is -0.291. The van der Waals surface area contributed by atoms with Crippen LogP contribution in [-0.2, 0) is 16.6 Å². The van der Waals surface area contributed by atoms with Crippen molar-refractivity contribution in [1.29, 1.82) is 0 Å². The highest BCUT2D eigenvalue weighted by Crippen LogP contribution is 2.43. The van der Waals surface area contributed by atoms with Crippen LogP contribution >= 0.6 is 0 Å². The Morgan fingerprint density at radius 3 is 2.45 bits per heavy atom. The second-order valence-electron chi connectivity index (χ2n) is 5.01. The summed E-state index contributed by atoms with van der Waals surface area (Å²) in [5.41, 5.74) is -3.69. The van der Waals surface area contributed by atoms with E-state index >= 15 is 0 Å². The molecule has 0 saturated heterocycles. The minimum Gasteiger partial charge on any atom is -0.361 e. The van der Waals surface area contributed by atoms with Crippen LogP contribution in [0.5, 0.6) is 0 Å². The van der Waals surface area contributed by atoms with Crippen molar-refractivity contribution in [3.05, 3.63) is 11.9 Å². The Morgan fingerprint density at radius 2 is 2.00 bits per heavy atom. The molecule has 1 N–H and O–H groups in total. The highest BCUT2D eigenvalue weighted by molar-refractivity contribution is 7.89. The second-order valence-corrected chi connectivity index (χ2v) is 6.74. The Labute approximate surface area is 125 Å². The van der Waals surface area contributed by atoms with E-state index in [1.165, 1.54) is 18.5 Å². The van der Waals surface area contributed by atoms with Gasteiger partial charge in [-0.05, 0) is 20.8 Å². The van der Waals surface area contributed by atoms with Gasteiger partial charge in [0.05, 0.1) is 5.69 Å². The molecular formula is C11H15F3N4O3S. The lowest BCUT2D eigenvalue weighted by atomic mass is 10.1. The van der Waals surface area contributed by atoms with E-state index in [1.807, 2.05) is 0 Å². The van der Waals surface area contributed by atoms with E-state index in [4.69, 9.17) is 0 Å². The Kier molecular flexibility index (Phi) is 3.77. The van der Waals surface area contributed by atoms with Gasteiger partial charge >= 0.3 is 6.18 Å². The fraction of sp³-hybridized carbons (Fsp3) is 0.636. The molecule has 1 aromatic rings. The van der Waals surface area contributed by atoms with Gasteiger partial charge in [0, 0.05) is 24.9 Å². The summed E-state index contributed by atoms with van der Waals surface area (Å²) in [6, 6.07) is 0. The lowest BCUT2D eigenvalue weighted by Gasteiger charge is -2.32. The van der Waals surface area contributed by atoms with Gasteiger partial charge in [0.15, 0.2) is 0 Å². The fourth-order valence-corrected chi connectivity index (χ4v) is 3.83. The van der Waals surface area contributed by atoms with Crippen molar-refractivity contribution in [2.45, 2.75) is 50.5 Å². The first-order valence-electron chi connectivity index (χ1n) is 6.36. The number of rotatable bonds is 3. The number of alkyl halides is 3. The van der Waals surface area contributed by atoms with Crippen molar-refractivity contribution >= 4 is 15.7 Å². The number of nitrogens with zero attached hydrogens (tertiary/aromatic N) is 4. The average molecular weight is 340 g/mol. The molecule has 1 aliphatic heterocycles. The van der Waals surface area contributed by atoms with Crippen LogP contribution in [0, 0.1) is 6.92 Å². The standard InChI is InChI=1S/C11H15F3N4O3S/c1-4-17-6-9(8(3)16-17)22(20,21)18-10(19,11(12,13)14)5-7(2)15-18/h6,19H,4-5H2,1-3H3/t10-/m0/s1. The van der Waals surface area contributed by atoms with Crippen molar-refractivity contribution in [3.8, 4) is 0 Å². The molecule has 0 radical (unpaired) electrons. The molecule has 1 aromatic heterocycles. The molecule has 1 atom stereocenters. The number of aryl methyl sites for hydroxylation is 2. The Bertz CT molecular complexity index is 725. The van der Waals surface area contributed by atoms with E-state index in [2.05, 4.69) is 10.2 Å². The van der Waals surface area contributed by atoms with Crippen molar-refractivity contribution in [3.63, 3.8) is 0 Å². The summed E-state index contributed by atoms with van der Waals surface area (Å²) in [5.74, 6) is 0. The van der Waals surface area contributed by atoms with Gasteiger partial charge in [0.1, 0.15) is 4.90 Å². The van der Waals surface area contributed by atoms with E-state index < -0.39 is 33.2 Å². The smallest absolute Gasteiger partial charge is 0.361 e. The molecule has 0 aromatic carbocycles. The van der Waals surface area contributed by atoms with Gasteiger partial charge in [-0.3, -0.25) is 4.68 Å². The highest BCUT2D eigenvalue weighted by atomic mass is 32.2. The molecule has 0 fully saturated rings. The van der Waals surface area contributed by atoms with Gasteiger partial charge in [-0.2, -0.15) is 31.8 Å². The van der Waals surface area contributed by atoms with Gasteiger partial charge in [-0.25, -0.2) is 0 Å². The van der Waals surface area contributed by atoms with Crippen LogP contribution in [-0.4, -0.2) is 45.3 Å². The van der Waals surface area contributed by atoms with Crippen LogP contribution < -0.4 is 0 Å². The van der Waals surface area contributed by atoms with Crippen LogP contribution in [0.4, 0.5) is 13.2 Å². The monoisotopic (exact) mass is 340 g/mol. The molecule has 22 heavy (non-hydrogen) atoms. The maximum atomic E-state index is 13.1. The molecule has 7 nitrogen and oxygen atoms in total. The van der Waals surface area contributed by atoms with Gasteiger partial charge in [0.25, 0.3) is 15.7 Å². The number of aromatic nitrogens is 2. The molecule has 0 unspecified atom stereocenters. The predicted octanol–water partition coefficient (Wildman–Crippen LogP) is 1.23. The van der Waals surface area contributed by atoms with Crippen LogP contribution in [0.3, 0.4) is 0 Å². The molecule has 0 aliphatic carbocycles. The average Bonchev–Trinajstić information content (AvgIpc) is 2.90. The Balaban J connectivity index is 2.58. The molecule has 2 heterocycles. The zero-order valence-corrected chi connectivity index (χ0v) is 12.9. The van der Waals surface area contributed by atoms with E-state index in [-0.39, 0.29) is 15.8 Å². The van der Waals surface area contributed by atoms with Crippen molar-refractivity contribution < 1.29 is 26.7 Å². The lowest BCUT2D eigenvalue weighted by Crippen LogP contribution is -2.56. The fourth-order valence-electron chi connectivity index (χ4n) is 2.17. The largest absolute Gasteiger partial charge is 0.439 e. The SMILES string of the molecule is CCn1cc(S(=O)(=O)N2N=C(C)C[C@]2(O)C(F)(F)F)c(C)n1. The predicted molar refractivity (Wildman–Crippen MR) is 70.4 cm³/mol. The second kappa shape index (κ2) is 4.95. The molecule has 0 bridgehead atoms. The number of hydrogen-bond donors (Lipinski definition) is 1. The summed E-state index contributed by atoms with van der Waals surface area (Å²) in [4.78, 5) is -0.421. The number of hydrogen-bond acceptors (Lipinski definition) is 5. The molecule has 1 aliphatic rings. The van der Waals surface area contributed by atoms with E-state index in [0.29, 0.717) is 6.54 Å². The van der Waals surface area contributed by atoms with Gasteiger partial charge in [-0.1, -0.05) is 0 Å². The minimum atomic E-state index is -5.18. The van der Waals surface area contributed by atoms with Crippen molar-refractivity contribution in [2.24, 2.45) is 5.10 Å². The van der Waals surface area contributed by atoms with E-state index in [1.54, 1.807) is 6.92 Å². The zero-order valence-electron chi connectivity index (χ0n) is 12.1. The maximum absolute atomic E-state index is 13.1. The number of aliphatic hydroxyl groups is 1. The van der Waals surface area contributed by atoms with Gasteiger partial charge < -0.3 is 5.11 Å². The van der Waals surface area contributed by atoms with Gasteiger partial charge in [0.2, 0.25) is 0 Å². The summed E-state index contributed by atoms with van der Waals surface area (Å²) in [7, 11) is -4.69. The Hall–Kier alpha value is -1.62. The van der Waals surface area contributed by atoms with Crippen molar-refractivity contribution in [2.75, 3.05) is 0 Å². The van der Waals surface area contributed by atoms with Crippen LogP contribution in [0.25, 0.3) is 0 Å². The third kappa shape index (κ3) is 2.37. The molecule has 0 saturated carbocycles. The molecule has 0 amide bonds. The first-order valence-corrected chi connectivity index (χ1v) is 7.80. The molecular weight excluding hydrogens is 325 g/mol. The molecule has 11 heteroatoms. The summed E-state index contributed by atoms with van der Waals surface area (Å²) in [5, 5.41) is 17.2. The van der Waals surface area contributed by atoms with Gasteiger partial charge in [-0.15, -0.1) is 4.41 Å². The van der Waals surface area contributed by atoms with Crippen LogP contribution in [0.2, 0.25) is 0 Å². The molecule has 124 valence electrons. The minimum absolute atomic E-state index is 0.0335. The number of sulfonamides is 1. The maximum Gasteiger partial charge on any atom is 0.439 e. The third-order valence-corrected chi connectivity index (χ3v) is 5.06. The first kappa shape index (κ1) is 16.7. The van der Waals surface area contributed by atoms with E-state index in [0.717, 1.165) is 6.20 Å². The van der Waals surface area contributed by atoms with Crippen LogP contribution in [0.15, 0.2) is 16.2 Å². The third-order valence-electron chi connectivity index (χ3n) is 3.27. The summed E-state index contributed by atoms with van der Waals surface area (Å²) in [6.45, 7) is 4.63. The molecule has 2 rings (SSSR count). The number of hydrazone groups is 1. The summed E-state index contributed by atoms with van der Waals surface area (Å²) >= 11 is 0.